The molecule has 0 bridgehead atoms. The number of carboxylic acids is 1. The molecule has 2 N–H and O–H groups in total. The number of hydrogen-bond donors (Lipinski definition) is 2. The Kier molecular flexibility index (Phi) is 4.76. The summed E-state index contributed by atoms with van der Waals surface area (Å²) in [5.41, 5.74) is 2.74. The zero-order valence-electron chi connectivity index (χ0n) is 15.3. The predicted molar refractivity (Wildman–Crippen MR) is 99.5 cm³/mol. The number of carbonyl (C=O) groups excluding carboxylic acids is 2. The zero-order valence-corrected chi connectivity index (χ0v) is 15.3. The van der Waals surface area contributed by atoms with E-state index in [0.717, 1.165) is 43.6 Å². The predicted octanol–water partition coefficient (Wildman–Crippen LogP) is 1.61. The Balaban J connectivity index is 1.52. The number of carbonyl (C=O) groups is 3. The minimum atomic E-state index is -0.735. The van der Waals surface area contributed by atoms with Gasteiger partial charge >= 0.3 is 5.97 Å². The molecule has 0 aliphatic carbocycles. The summed E-state index contributed by atoms with van der Waals surface area (Å²) in [7, 11) is 0. The molecule has 1 unspecified atom stereocenters. The van der Waals surface area contributed by atoms with Crippen LogP contribution >= 0.6 is 0 Å². The highest BCUT2D eigenvalue weighted by atomic mass is 16.4. The number of fused-ring (bicyclic) bond motifs is 1. The van der Waals surface area contributed by atoms with Crippen LogP contribution < -0.4 is 10.2 Å². The van der Waals surface area contributed by atoms with Crippen molar-refractivity contribution in [2.75, 3.05) is 24.5 Å². The molecule has 3 aliphatic rings. The lowest BCUT2D eigenvalue weighted by atomic mass is 9.93. The molecule has 0 spiro atoms. The molecular formula is C20H25N3O4. The number of anilines is 1. The quantitative estimate of drug-likeness (QED) is 0.839. The summed E-state index contributed by atoms with van der Waals surface area (Å²) in [6, 6.07) is 5.40. The summed E-state index contributed by atoms with van der Waals surface area (Å²) in [5, 5.41) is 11.9. The number of benzene rings is 1. The van der Waals surface area contributed by atoms with E-state index in [2.05, 4.69) is 10.2 Å². The maximum atomic E-state index is 12.9. The Morgan fingerprint density at radius 3 is 2.67 bits per heavy atom. The number of nitrogens with one attached hydrogen (secondary N) is 1. The summed E-state index contributed by atoms with van der Waals surface area (Å²) in [4.78, 5) is 40.0. The van der Waals surface area contributed by atoms with Crippen LogP contribution in [-0.4, -0.2) is 53.5 Å². The molecule has 1 aromatic rings. The van der Waals surface area contributed by atoms with Crippen molar-refractivity contribution in [3.63, 3.8) is 0 Å². The normalized spacial score (nSPS) is 23.3. The van der Waals surface area contributed by atoms with Crippen LogP contribution in [0.1, 0.15) is 48.0 Å². The van der Waals surface area contributed by atoms with Gasteiger partial charge < -0.3 is 20.2 Å². The van der Waals surface area contributed by atoms with Crippen molar-refractivity contribution < 1.29 is 19.5 Å². The Hall–Kier alpha value is -2.57. The number of piperidine rings is 2. The van der Waals surface area contributed by atoms with Gasteiger partial charge in [-0.2, -0.15) is 0 Å². The van der Waals surface area contributed by atoms with Crippen LogP contribution in [0.5, 0.6) is 0 Å². The SMILES string of the molecule is O=C(O)CC1CCN(c2cccc3c2CN(C2CCCNC2=O)C3=O)CC1. The number of carboxylic acid groups (broad SMARTS) is 1. The highest BCUT2D eigenvalue weighted by molar-refractivity contribution is 6.02. The molecule has 2 amide bonds. The van der Waals surface area contributed by atoms with Crippen molar-refractivity contribution in [1.29, 1.82) is 0 Å². The molecule has 1 atom stereocenters. The maximum absolute atomic E-state index is 12.9. The van der Waals surface area contributed by atoms with E-state index in [1.54, 1.807) is 4.90 Å². The Morgan fingerprint density at radius 2 is 1.96 bits per heavy atom. The molecule has 3 aliphatic heterocycles. The summed E-state index contributed by atoms with van der Waals surface area (Å²) in [6.45, 7) is 2.75. The van der Waals surface area contributed by atoms with Gasteiger partial charge in [0.1, 0.15) is 6.04 Å². The van der Waals surface area contributed by atoms with E-state index in [1.807, 2.05) is 18.2 Å². The van der Waals surface area contributed by atoms with Gasteiger partial charge in [-0.05, 0) is 43.7 Å². The van der Waals surface area contributed by atoms with Crippen molar-refractivity contribution in [1.82, 2.24) is 10.2 Å². The fourth-order valence-corrected chi connectivity index (χ4v) is 4.56. The molecule has 4 rings (SSSR count). The second kappa shape index (κ2) is 7.21. The van der Waals surface area contributed by atoms with E-state index in [9.17, 15) is 14.4 Å². The first-order valence-electron chi connectivity index (χ1n) is 9.72. The van der Waals surface area contributed by atoms with Crippen molar-refractivity contribution in [3.05, 3.63) is 29.3 Å². The number of nitrogens with zero attached hydrogens (tertiary/aromatic N) is 2. The molecule has 3 heterocycles. The summed E-state index contributed by atoms with van der Waals surface area (Å²) >= 11 is 0. The average Bonchev–Trinajstić information content (AvgIpc) is 2.99. The van der Waals surface area contributed by atoms with Crippen molar-refractivity contribution in [3.8, 4) is 0 Å². The van der Waals surface area contributed by atoms with Crippen molar-refractivity contribution in [2.24, 2.45) is 5.92 Å². The first-order valence-corrected chi connectivity index (χ1v) is 9.72. The number of amides is 2. The minimum absolute atomic E-state index is 0.0570. The van der Waals surface area contributed by atoms with Crippen LogP contribution in [0.2, 0.25) is 0 Å². The molecule has 0 aromatic heterocycles. The third kappa shape index (κ3) is 3.38. The Labute approximate surface area is 158 Å². The van der Waals surface area contributed by atoms with Gasteiger partial charge in [0.2, 0.25) is 5.91 Å². The highest BCUT2D eigenvalue weighted by Gasteiger charge is 2.39. The number of aliphatic carboxylic acids is 1. The number of rotatable bonds is 4. The van der Waals surface area contributed by atoms with E-state index >= 15 is 0 Å². The van der Waals surface area contributed by atoms with E-state index < -0.39 is 5.97 Å². The van der Waals surface area contributed by atoms with Crippen molar-refractivity contribution in [2.45, 2.75) is 44.7 Å². The Morgan fingerprint density at radius 1 is 1.19 bits per heavy atom. The van der Waals surface area contributed by atoms with Gasteiger partial charge in [0.15, 0.2) is 0 Å². The van der Waals surface area contributed by atoms with Gasteiger partial charge in [0.05, 0.1) is 0 Å². The molecule has 7 nitrogen and oxygen atoms in total. The van der Waals surface area contributed by atoms with E-state index in [-0.39, 0.29) is 30.2 Å². The fraction of sp³-hybridized carbons (Fsp3) is 0.550. The standard InChI is InChI=1S/C20H25N3O4/c24-18(25)11-13-6-9-22(10-7-13)16-4-1-3-14-15(16)12-23(20(14)27)17-5-2-8-21-19(17)26/h1,3-4,13,17H,2,5-12H2,(H,21,26)(H,24,25). The maximum Gasteiger partial charge on any atom is 0.303 e. The third-order valence-electron chi connectivity index (χ3n) is 6.02. The van der Waals surface area contributed by atoms with Crippen LogP contribution in [0.25, 0.3) is 0 Å². The topological polar surface area (TPSA) is 89.9 Å². The lowest BCUT2D eigenvalue weighted by Crippen LogP contribution is -2.50. The smallest absolute Gasteiger partial charge is 0.303 e. The summed E-state index contributed by atoms with van der Waals surface area (Å²) in [5.74, 6) is -0.631. The van der Waals surface area contributed by atoms with Gasteiger partial charge in [-0.3, -0.25) is 14.4 Å². The molecular weight excluding hydrogens is 346 g/mol. The van der Waals surface area contributed by atoms with Gasteiger partial charge in [-0.25, -0.2) is 0 Å². The van der Waals surface area contributed by atoms with Gasteiger partial charge in [-0.15, -0.1) is 0 Å². The molecule has 0 saturated carbocycles. The zero-order chi connectivity index (χ0) is 19.0. The molecule has 1 aromatic carbocycles. The third-order valence-corrected chi connectivity index (χ3v) is 6.02. The van der Waals surface area contributed by atoms with E-state index in [1.165, 1.54) is 0 Å². The Bertz CT molecular complexity index is 770. The molecule has 0 radical (unpaired) electrons. The fourth-order valence-electron chi connectivity index (χ4n) is 4.56. The number of hydrogen-bond acceptors (Lipinski definition) is 4. The lowest BCUT2D eigenvalue weighted by Gasteiger charge is -2.34. The first-order chi connectivity index (χ1) is 13.0. The molecule has 27 heavy (non-hydrogen) atoms. The van der Waals surface area contributed by atoms with Crippen LogP contribution in [0.3, 0.4) is 0 Å². The second-order valence-corrected chi connectivity index (χ2v) is 7.71. The highest BCUT2D eigenvalue weighted by Crippen LogP contribution is 2.35. The summed E-state index contributed by atoms with van der Waals surface area (Å²) in [6.07, 6.45) is 3.52. The van der Waals surface area contributed by atoms with Gasteiger partial charge in [0, 0.05) is 49.4 Å². The molecule has 7 heteroatoms. The van der Waals surface area contributed by atoms with Crippen LogP contribution in [0, 0.1) is 5.92 Å². The first kappa shape index (κ1) is 17.8. The van der Waals surface area contributed by atoms with E-state index in [4.69, 9.17) is 5.11 Å². The van der Waals surface area contributed by atoms with Gasteiger partial charge in [-0.1, -0.05) is 6.07 Å². The largest absolute Gasteiger partial charge is 0.481 e. The minimum Gasteiger partial charge on any atom is -0.481 e. The van der Waals surface area contributed by atoms with Gasteiger partial charge in [0.25, 0.3) is 5.91 Å². The van der Waals surface area contributed by atoms with E-state index in [0.29, 0.717) is 25.1 Å². The summed E-state index contributed by atoms with van der Waals surface area (Å²) < 4.78 is 0. The average molecular weight is 371 g/mol. The van der Waals surface area contributed by atoms with Crippen LogP contribution in [-0.2, 0) is 16.1 Å². The molecule has 144 valence electrons. The monoisotopic (exact) mass is 371 g/mol. The molecule has 2 fully saturated rings. The lowest BCUT2D eigenvalue weighted by molar-refractivity contribution is -0.138. The van der Waals surface area contributed by atoms with Crippen molar-refractivity contribution >= 4 is 23.5 Å². The van der Waals surface area contributed by atoms with Crippen LogP contribution in [0.4, 0.5) is 5.69 Å². The second-order valence-electron chi connectivity index (χ2n) is 7.71. The van der Waals surface area contributed by atoms with Crippen LogP contribution in [0.15, 0.2) is 18.2 Å². The molecule has 2 saturated heterocycles.